The summed E-state index contributed by atoms with van der Waals surface area (Å²) in [6.45, 7) is 2.12. The topological polar surface area (TPSA) is 26.3 Å². The molecule has 0 unspecified atom stereocenters. The average Bonchev–Trinajstić information content (AvgIpc) is 2.25. The maximum absolute atomic E-state index is 11.3. The molecule has 0 aliphatic heterocycles. The van der Waals surface area contributed by atoms with Crippen LogP contribution in [-0.2, 0) is 4.74 Å². The Morgan fingerprint density at radius 1 is 1.36 bits per heavy atom. The maximum Gasteiger partial charge on any atom is 0.338 e. The van der Waals surface area contributed by atoms with E-state index in [1.54, 1.807) is 19.1 Å². The van der Waals surface area contributed by atoms with Crippen LogP contribution in [0.2, 0.25) is 0 Å². The van der Waals surface area contributed by atoms with E-state index in [1.165, 1.54) is 0 Å². The van der Waals surface area contributed by atoms with Crippen LogP contribution in [0.25, 0.3) is 0 Å². The van der Waals surface area contributed by atoms with E-state index >= 15 is 0 Å². The van der Waals surface area contributed by atoms with Crippen molar-refractivity contribution in [3.05, 3.63) is 35.9 Å². The zero-order valence-corrected chi connectivity index (χ0v) is 8.12. The number of carbonyl (C=O) groups is 1. The van der Waals surface area contributed by atoms with Crippen LogP contribution in [-0.4, -0.2) is 12.6 Å². The second kappa shape index (κ2) is 5.82. The van der Waals surface area contributed by atoms with E-state index in [9.17, 15) is 4.79 Å². The highest BCUT2D eigenvalue weighted by molar-refractivity contribution is 5.89. The van der Waals surface area contributed by atoms with Gasteiger partial charge in [-0.3, -0.25) is 0 Å². The molecule has 0 aliphatic rings. The lowest BCUT2D eigenvalue weighted by molar-refractivity contribution is 0.0513. The lowest BCUT2D eigenvalue weighted by Gasteiger charge is -2.01. The van der Waals surface area contributed by atoms with Crippen molar-refractivity contribution in [1.29, 1.82) is 0 Å². The minimum atomic E-state index is -0.288. The fourth-order valence-corrected chi connectivity index (χ4v) is 0.977. The summed E-state index contributed by atoms with van der Waals surface area (Å²) in [5.74, 6) is 5.28. The van der Waals surface area contributed by atoms with E-state index in [0.717, 1.165) is 0 Å². The normalized spacial score (nSPS) is 8.64. The first-order valence-corrected chi connectivity index (χ1v) is 4.46. The van der Waals surface area contributed by atoms with E-state index in [0.29, 0.717) is 18.6 Å². The molecule has 1 rings (SSSR count). The molecule has 0 saturated heterocycles. The summed E-state index contributed by atoms with van der Waals surface area (Å²) >= 11 is 0. The molecular formula is C12H12O2. The Morgan fingerprint density at radius 3 is 2.71 bits per heavy atom. The molecule has 0 spiro atoms. The molecule has 0 saturated carbocycles. The molecule has 0 amide bonds. The maximum atomic E-state index is 11.3. The van der Waals surface area contributed by atoms with Crippen molar-refractivity contribution in [3.63, 3.8) is 0 Å². The Morgan fingerprint density at radius 2 is 2.07 bits per heavy atom. The van der Waals surface area contributed by atoms with Crippen molar-refractivity contribution in [2.75, 3.05) is 6.61 Å². The van der Waals surface area contributed by atoms with Gasteiger partial charge in [0.05, 0.1) is 5.56 Å². The van der Waals surface area contributed by atoms with E-state index in [-0.39, 0.29) is 5.97 Å². The standard InChI is InChI=1S/C12H12O2/c1-2-3-7-10-14-12(13)11-8-5-4-6-9-11/h4-6,8-9H,7,10H2,1H3. The first kappa shape index (κ1) is 10.3. The molecule has 0 bridgehead atoms. The fraction of sp³-hybridized carbons (Fsp3) is 0.250. The molecule has 0 radical (unpaired) electrons. The second-order valence-corrected chi connectivity index (χ2v) is 2.68. The summed E-state index contributed by atoms with van der Waals surface area (Å²) in [6, 6.07) is 8.94. The Bertz CT molecular complexity index is 344. The van der Waals surface area contributed by atoms with Gasteiger partial charge in [-0.2, -0.15) is 0 Å². The molecule has 1 aromatic rings. The molecule has 0 aliphatic carbocycles. The summed E-state index contributed by atoms with van der Waals surface area (Å²) in [5.41, 5.74) is 0.581. The number of hydrogen-bond acceptors (Lipinski definition) is 2. The zero-order chi connectivity index (χ0) is 10.2. The summed E-state index contributed by atoms with van der Waals surface area (Å²) in [7, 11) is 0. The molecule has 14 heavy (non-hydrogen) atoms. The van der Waals surface area contributed by atoms with Crippen molar-refractivity contribution < 1.29 is 9.53 Å². The van der Waals surface area contributed by atoms with Gasteiger partial charge < -0.3 is 4.74 Å². The number of ether oxygens (including phenoxy) is 1. The van der Waals surface area contributed by atoms with Crippen LogP contribution in [0.3, 0.4) is 0 Å². The van der Waals surface area contributed by atoms with Crippen molar-refractivity contribution in [3.8, 4) is 11.8 Å². The van der Waals surface area contributed by atoms with Gasteiger partial charge >= 0.3 is 5.97 Å². The highest BCUT2D eigenvalue weighted by Crippen LogP contribution is 2.00. The Balaban J connectivity index is 2.39. The molecule has 72 valence electrons. The highest BCUT2D eigenvalue weighted by Gasteiger charge is 2.03. The van der Waals surface area contributed by atoms with Crippen LogP contribution in [0, 0.1) is 11.8 Å². The van der Waals surface area contributed by atoms with Crippen molar-refractivity contribution >= 4 is 5.97 Å². The Labute approximate surface area is 83.9 Å². The average molecular weight is 188 g/mol. The third kappa shape index (κ3) is 3.32. The smallest absolute Gasteiger partial charge is 0.338 e. The van der Waals surface area contributed by atoms with Crippen LogP contribution in [0.4, 0.5) is 0 Å². The molecular weight excluding hydrogens is 176 g/mol. The third-order valence-corrected chi connectivity index (χ3v) is 1.65. The van der Waals surface area contributed by atoms with Gasteiger partial charge in [0.1, 0.15) is 6.61 Å². The highest BCUT2D eigenvalue weighted by atomic mass is 16.5. The SMILES string of the molecule is CC#CCCOC(=O)c1ccccc1. The molecule has 1 aromatic carbocycles. The lowest BCUT2D eigenvalue weighted by Crippen LogP contribution is -2.05. The van der Waals surface area contributed by atoms with Crippen molar-refractivity contribution in [2.45, 2.75) is 13.3 Å². The largest absolute Gasteiger partial charge is 0.461 e. The summed E-state index contributed by atoms with van der Waals surface area (Å²) < 4.78 is 4.99. The zero-order valence-electron chi connectivity index (χ0n) is 8.12. The summed E-state index contributed by atoms with van der Waals surface area (Å²) in [4.78, 5) is 11.3. The predicted octanol–water partition coefficient (Wildman–Crippen LogP) is 2.26. The number of esters is 1. The fourth-order valence-electron chi connectivity index (χ4n) is 0.977. The number of carbonyl (C=O) groups excluding carboxylic acids is 1. The van der Waals surface area contributed by atoms with E-state index < -0.39 is 0 Å². The van der Waals surface area contributed by atoms with Crippen LogP contribution < -0.4 is 0 Å². The number of hydrogen-bond donors (Lipinski definition) is 0. The van der Waals surface area contributed by atoms with Crippen LogP contribution in [0.5, 0.6) is 0 Å². The number of benzene rings is 1. The molecule has 2 nitrogen and oxygen atoms in total. The molecule has 0 aromatic heterocycles. The van der Waals surface area contributed by atoms with Crippen LogP contribution in [0.15, 0.2) is 30.3 Å². The van der Waals surface area contributed by atoms with Crippen molar-refractivity contribution in [2.24, 2.45) is 0 Å². The van der Waals surface area contributed by atoms with E-state index in [4.69, 9.17) is 4.74 Å². The van der Waals surface area contributed by atoms with Gasteiger partial charge in [-0.1, -0.05) is 18.2 Å². The predicted molar refractivity (Wildman–Crippen MR) is 54.8 cm³/mol. The van der Waals surface area contributed by atoms with E-state index in [1.807, 2.05) is 18.2 Å². The van der Waals surface area contributed by atoms with Gasteiger partial charge in [-0.25, -0.2) is 4.79 Å². The minimum absolute atomic E-state index is 0.288. The quantitative estimate of drug-likeness (QED) is 0.413. The monoisotopic (exact) mass is 188 g/mol. The van der Waals surface area contributed by atoms with Gasteiger partial charge in [-0.15, -0.1) is 11.8 Å². The van der Waals surface area contributed by atoms with Gasteiger partial charge in [-0.05, 0) is 19.1 Å². The van der Waals surface area contributed by atoms with Crippen LogP contribution in [0.1, 0.15) is 23.7 Å². The first-order chi connectivity index (χ1) is 6.84. The molecule has 0 N–H and O–H groups in total. The number of rotatable bonds is 3. The Kier molecular flexibility index (Phi) is 4.30. The van der Waals surface area contributed by atoms with Gasteiger partial charge in [0, 0.05) is 6.42 Å². The molecule has 0 fully saturated rings. The molecule has 0 atom stereocenters. The van der Waals surface area contributed by atoms with Gasteiger partial charge in [0.25, 0.3) is 0 Å². The molecule has 2 heteroatoms. The van der Waals surface area contributed by atoms with Gasteiger partial charge in [0.2, 0.25) is 0 Å². The van der Waals surface area contributed by atoms with Crippen molar-refractivity contribution in [1.82, 2.24) is 0 Å². The second-order valence-electron chi connectivity index (χ2n) is 2.68. The Hall–Kier alpha value is -1.75. The van der Waals surface area contributed by atoms with E-state index in [2.05, 4.69) is 11.8 Å². The van der Waals surface area contributed by atoms with Crippen LogP contribution >= 0.6 is 0 Å². The molecule has 0 heterocycles. The first-order valence-electron chi connectivity index (χ1n) is 4.46. The summed E-state index contributed by atoms with van der Waals surface area (Å²) in [5, 5.41) is 0. The lowest BCUT2D eigenvalue weighted by atomic mass is 10.2. The third-order valence-electron chi connectivity index (χ3n) is 1.65. The van der Waals surface area contributed by atoms with Gasteiger partial charge in [0.15, 0.2) is 0 Å². The minimum Gasteiger partial charge on any atom is -0.461 e. The summed E-state index contributed by atoms with van der Waals surface area (Å²) in [6.07, 6.45) is 0.592.